The molecular weight excluding hydrogens is 238 g/mol. The Bertz CT molecular complexity index is 522. The van der Waals surface area contributed by atoms with Gasteiger partial charge < -0.3 is 5.32 Å². The molecule has 1 N–H and O–H groups in total. The van der Waals surface area contributed by atoms with Crippen molar-refractivity contribution in [1.29, 1.82) is 0 Å². The Hall–Kier alpha value is -1.46. The van der Waals surface area contributed by atoms with Crippen molar-refractivity contribution >= 4 is 11.6 Å². The van der Waals surface area contributed by atoms with Crippen molar-refractivity contribution in [2.75, 3.05) is 7.05 Å². The summed E-state index contributed by atoms with van der Waals surface area (Å²) in [6.45, 7) is 3.99. The lowest BCUT2D eigenvalue weighted by atomic mass is 10.2. The first-order chi connectivity index (χ1) is 8.13. The van der Waals surface area contributed by atoms with Crippen LogP contribution in [0.3, 0.4) is 0 Å². The summed E-state index contributed by atoms with van der Waals surface area (Å²) in [6.07, 6.45) is 0. The average molecular weight is 252 g/mol. The van der Waals surface area contributed by atoms with Crippen LogP contribution in [0.1, 0.15) is 24.4 Å². The predicted octanol–water partition coefficient (Wildman–Crippen LogP) is 1.90. The SMILES string of the molecule is CNC(C)c1nnnn1-c1ccc(Cl)cc1C. The molecule has 0 spiro atoms. The van der Waals surface area contributed by atoms with E-state index < -0.39 is 0 Å². The van der Waals surface area contributed by atoms with Crippen LogP contribution in [0.25, 0.3) is 5.69 Å². The molecule has 0 bridgehead atoms. The average Bonchev–Trinajstić information content (AvgIpc) is 2.77. The smallest absolute Gasteiger partial charge is 0.173 e. The summed E-state index contributed by atoms with van der Waals surface area (Å²) in [6, 6.07) is 5.73. The second-order valence-corrected chi connectivity index (χ2v) is 4.33. The van der Waals surface area contributed by atoms with Crippen molar-refractivity contribution in [2.45, 2.75) is 19.9 Å². The first kappa shape index (κ1) is 12.0. The molecule has 1 aromatic heterocycles. The zero-order valence-electron chi connectivity index (χ0n) is 9.98. The lowest BCUT2D eigenvalue weighted by Crippen LogP contribution is -2.18. The van der Waals surface area contributed by atoms with Gasteiger partial charge in [-0.25, -0.2) is 0 Å². The highest BCUT2D eigenvalue weighted by molar-refractivity contribution is 6.30. The first-order valence-corrected chi connectivity index (χ1v) is 5.73. The minimum atomic E-state index is 0.0834. The quantitative estimate of drug-likeness (QED) is 0.905. The van der Waals surface area contributed by atoms with Gasteiger partial charge in [0.2, 0.25) is 0 Å². The van der Waals surface area contributed by atoms with Gasteiger partial charge in [-0.3, -0.25) is 0 Å². The van der Waals surface area contributed by atoms with E-state index in [1.807, 2.05) is 39.1 Å². The molecule has 1 atom stereocenters. The van der Waals surface area contributed by atoms with Crippen LogP contribution in [0.4, 0.5) is 0 Å². The maximum absolute atomic E-state index is 5.93. The second-order valence-electron chi connectivity index (χ2n) is 3.89. The van der Waals surface area contributed by atoms with E-state index in [0.29, 0.717) is 5.02 Å². The predicted molar refractivity (Wildman–Crippen MR) is 66.4 cm³/mol. The maximum Gasteiger partial charge on any atom is 0.173 e. The van der Waals surface area contributed by atoms with Gasteiger partial charge in [0.05, 0.1) is 11.7 Å². The molecule has 0 saturated carbocycles. The molecule has 2 rings (SSSR count). The topological polar surface area (TPSA) is 55.6 Å². The normalized spacial score (nSPS) is 12.7. The summed E-state index contributed by atoms with van der Waals surface area (Å²) in [7, 11) is 1.87. The molecule has 17 heavy (non-hydrogen) atoms. The van der Waals surface area contributed by atoms with Gasteiger partial charge in [0, 0.05) is 5.02 Å². The molecule has 0 saturated heterocycles. The molecule has 2 aromatic rings. The first-order valence-electron chi connectivity index (χ1n) is 5.35. The highest BCUT2D eigenvalue weighted by Crippen LogP contribution is 2.20. The van der Waals surface area contributed by atoms with E-state index in [2.05, 4.69) is 20.8 Å². The fourth-order valence-electron chi connectivity index (χ4n) is 1.62. The zero-order chi connectivity index (χ0) is 12.4. The van der Waals surface area contributed by atoms with Crippen LogP contribution >= 0.6 is 11.6 Å². The molecular formula is C11H14ClN5. The van der Waals surface area contributed by atoms with Crippen molar-refractivity contribution < 1.29 is 0 Å². The van der Waals surface area contributed by atoms with Crippen LogP contribution in [0.2, 0.25) is 5.02 Å². The standard InChI is InChI=1S/C11H14ClN5/c1-7-6-9(12)4-5-10(7)17-11(8(2)13-3)14-15-16-17/h4-6,8,13H,1-3H3. The Kier molecular flexibility index (Phi) is 3.40. The van der Waals surface area contributed by atoms with Crippen molar-refractivity contribution in [3.8, 4) is 5.69 Å². The number of aromatic nitrogens is 4. The van der Waals surface area contributed by atoms with Gasteiger partial charge in [-0.05, 0) is 55.1 Å². The zero-order valence-corrected chi connectivity index (χ0v) is 10.7. The number of hydrogen-bond donors (Lipinski definition) is 1. The van der Waals surface area contributed by atoms with E-state index in [0.717, 1.165) is 17.1 Å². The Balaban J connectivity index is 2.50. The Morgan fingerprint density at radius 3 is 2.82 bits per heavy atom. The summed E-state index contributed by atoms with van der Waals surface area (Å²) >= 11 is 5.93. The minimum absolute atomic E-state index is 0.0834. The summed E-state index contributed by atoms with van der Waals surface area (Å²) < 4.78 is 1.73. The number of tetrazole rings is 1. The second kappa shape index (κ2) is 4.81. The summed E-state index contributed by atoms with van der Waals surface area (Å²) in [5.74, 6) is 0.776. The lowest BCUT2D eigenvalue weighted by Gasteiger charge is -2.12. The Morgan fingerprint density at radius 2 is 2.18 bits per heavy atom. The number of nitrogens with zero attached hydrogens (tertiary/aromatic N) is 4. The van der Waals surface area contributed by atoms with Crippen LogP contribution in [-0.4, -0.2) is 27.3 Å². The van der Waals surface area contributed by atoms with E-state index in [1.165, 1.54) is 0 Å². The van der Waals surface area contributed by atoms with Gasteiger partial charge in [0.25, 0.3) is 0 Å². The fourth-order valence-corrected chi connectivity index (χ4v) is 1.85. The summed E-state index contributed by atoms with van der Waals surface area (Å²) in [5, 5.41) is 15.6. The van der Waals surface area contributed by atoms with Gasteiger partial charge in [-0.15, -0.1) is 5.10 Å². The molecule has 0 aliphatic carbocycles. The van der Waals surface area contributed by atoms with Crippen LogP contribution in [-0.2, 0) is 0 Å². The Morgan fingerprint density at radius 1 is 1.41 bits per heavy atom. The van der Waals surface area contributed by atoms with Crippen molar-refractivity contribution in [3.05, 3.63) is 34.6 Å². The molecule has 1 aromatic carbocycles. The van der Waals surface area contributed by atoms with Crippen molar-refractivity contribution in [1.82, 2.24) is 25.5 Å². The van der Waals surface area contributed by atoms with E-state index >= 15 is 0 Å². The van der Waals surface area contributed by atoms with Gasteiger partial charge in [0.1, 0.15) is 0 Å². The highest BCUT2D eigenvalue weighted by Gasteiger charge is 2.15. The van der Waals surface area contributed by atoms with E-state index in [1.54, 1.807) is 4.68 Å². The fraction of sp³-hybridized carbons (Fsp3) is 0.364. The summed E-state index contributed by atoms with van der Waals surface area (Å²) in [4.78, 5) is 0. The van der Waals surface area contributed by atoms with Crippen molar-refractivity contribution in [2.24, 2.45) is 0 Å². The van der Waals surface area contributed by atoms with Gasteiger partial charge >= 0.3 is 0 Å². The van der Waals surface area contributed by atoms with Crippen LogP contribution < -0.4 is 5.32 Å². The number of aryl methyl sites for hydroxylation is 1. The molecule has 1 unspecified atom stereocenters. The number of hydrogen-bond acceptors (Lipinski definition) is 4. The monoisotopic (exact) mass is 251 g/mol. The molecule has 0 aliphatic heterocycles. The third-order valence-corrected chi connectivity index (χ3v) is 2.94. The third kappa shape index (κ3) is 2.30. The van der Waals surface area contributed by atoms with E-state index in [4.69, 9.17) is 11.6 Å². The summed E-state index contributed by atoms with van der Waals surface area (Å²) in [5.41, 5.74) is 1.98. The number of benzene rings is 1. The molecule has 1 heterocycles. The number of rotatable bonds is 3. The molecule has 0 aliphatic rings. The maximum atomic E-state index is 5.93. The molecule has 90 valence electrons. The molecule has 0 fully saturated rings. The number of nitrogens with one attached hydrogen (secondary N) is 1. The van der Waals surface area contributed by atoms with Crippen LogP contribution in [0.5, 0.6) is 0 Å². The lowest BCUT2D eigenvalue weighted by molar-refractivity contribution is 0.588. The van der Waals surface area contributed by atoms with E-state index in [-0.39, 0.29) is 6.04 Å². The van der Waals surface area contributed by atoms with Gasteiger partial charge in [-0.1, -0.05) is 11.6 Å². The van der Waals surface area contributed by atoms with Gasteiger partial charge in [-0.2, -0.15) is 4.68 Å². The van der Waals surface area contributed by atoms with Crippen molar-refractivity contribution in [3.63, 3.8) is 0 Å². The van der Waals surface area contributed by atoms with Crippen LogP contribution in [0.15, 0.2) is 18.2 Å². The Labute approximate surface area is 105 Å². The van der Waals surface area contributed by atoms with Crippen LogP contribution in [0, 0.1) is 6.92 Å². The molecule has 0 radical (unpaired) electrons. The largest absolute Gasteiger partial charge is 0.311 e. The minimum Gasteiger partial charge on any atom is -0.311 e. The highest BCUT2D eigenvalue weighted by atomic mass is 35.5. The molecule has 6 heteroatoms. The van der Waals surface area contributed by atoms with E-state index in [9.17, 15) is 0 Å². The van der Waals surface area contributed by atoms with Gasteiger partial charge in [0.15, 0.2) is 5.82 Å². The third-order valence-electron chi connectivity index (χ3n) is 2.70. The molecule has 0 amide bonds. The number of halogens is 1. The molecule has 5 nitrogen and oxygen atoms in total.